The number of pyridine rings is 1. The number of hydrogen-bond donors (Lipinski definition) is 2. The van der Waals surface area contributed by atoms with Crippen LogP contribution in [0.2, 0.25) is 0 Å². The second-order valence-electron chi connectivity index (χ2n) is 3.69. The summed E-state index contributed by atoms with van der Waals surface area (Å²) in [5, 5.41) is 6.55. The molecule has 2 rings (SSSR count). The summed E-state index contributed by atoms with van der Waals surface area (Å²) in [5.74, 6) is 0.752. The molecule has 0 saturated heterocycles. The van der Waals surface area contributed by atoms with Gasteiger partial charge in [-0.25, -0.2) is 4.98 Å². The van der Waals surface area contributed by atoms with Crippen LogP contribution >= 0.6 is 11.8 Å². The number of aromatic amines is 1. The van der Waals surface area contributed by atoms with E-state index < -0.39 is 11.1 Å². The predicted molar refractivity (Wildman–Crippen MR) is 72.6 cm³/mol. The molecule has 19 heavy (non-hydrogen) atoms. The van der Waals surface area contributed by atoms with E-state index in [1.807, 2.05) is 25.1 Å². The predicted octanol–water partition coefficient (Wildman–Crippen LogP) is 0.447. The van der Waals surface area contributed by atoms with Crippen LogP contribution in [0.5, 0.6) is 0 Å². The van der Waals surface area contributed by atoms with Gasteiger partial charge in [0.05, 0.1) is 0 Å². The van der Waals surface area contributed by atoms with Gasteiger partial charge in [0, 0.05) is 13.6 Å². The lowest BCUT2D eigenvalue weighted by molar-refractivity contribution is 0.596. The van der Waals surface area contributed by atoms with E-state index >= 15 is 0 Å². The second kappa shape index (κ2) is 5.70. The number of nitrogens with zero attached hydrogens (tertiary/aromatic N) is 3. The van der Waals surface area contributed by atoms with E-state index in [2.05, 4.69) is 20.4 Å². The van der Waals surface area contributed by atoms with E-state index in [0.717, 1.165) is 12.4 Å². The molecule has 0 aliphatic carbocycles. The molecule has 0 radical (unpaired) electrons. The minimum Gasteiger partial charge on any atom is -0.370 e. The fourth-order valence-electron chi connectivity index (χ4n) is 1.40. The highest BCUT2D eigenvalue weighted by Crippen LogP contribution is 2.23. The maximum absolute atomic E-state index is 11.2. The summed E-state index contributed by atoms with van der Waals surface area (Å²) in [6, 6.07) is 5.52. The average Bonchev–Trinajstić information content (AvgIpc) is 2.37. The van der Waals surface area contributed by atoms with Crippen LogP contribution in [0.25, 0.3) is 0 Å². The highest BCUT2D eigenvalue weighted by molar-refractivity contribution is 7.99. The van der Waals surface area contributed by atoms with Crippen molar-refractivity contribution in [3.8, 4) is 0 Å². The van der Waals surface area contributed by atoms with Crippen molar-refractivity contribution in [2.75, 3.05) is 11.9 Å². The largest absolute Gasteiger partial charge is 0.370 e. The Balaban J connectivity index is 2.31. The lowest BCUT2D eigenvalue weighted by Crippen LogP contribution is -2.33. The molecule has 2 N–H and O–H groups in total. The smallest absolute Gasteiger partial charge is 0.339 e. The van der Waals surface area contributed by atoms with Gasteiger partial charge in [-0.1, -0.05) is 6.07 Å². The first-order valence-electron chi connectivity index (χ1n) is 5.66. The molecule has 7 nitrogen and oxygen atoms in total. The number of aromatic nitrogens is 4. The third-order valence-electron chi connectivity index (χ3n) is 2.22. The number of hydrogen-bond acceptors (Lipinski definition) is 6. The molecule has 0 aliphatic rings. The van der Waals surface area contributed by atoms with E-state index in [4.69, 9.17) is 0 Å². The summed E-state index contributed by atoms with van der Waals surface area (Å²) in [4.78, 5) is 30.4. The lowest BCUT2D eigenvalue weighted by atomic mass is 10.4. The van der Waals surface area contributed by atoms with Crippen LogP contribution in [0.1, 0.15) is 6.92 Å². The molecule has 2 aromatic rings. The van der Waals surface area contributed by atoms with Crippen molar-refractivity contribution in [1.82, 2.24) is 19.7 Å². The Morgan fingerprint density at radius 3 is 2.89 bits per heavy atom. The Morgan fingerprint density at radius 2 is 2.16 bits per heavy atom. The Bertz CT molecular complexity index is 694. The molecule has 0 saturated carbocycles. The average molecular weight is 279 g/mol. The van der Waals surface area contributed by atoms with E-state index in [-0.39, 0.29) is 0 Å². The van der Waals surface area contributed by atoms with Crippen LogP contribution in [0.15, 0.2) is 38.0 Å². The molecule has 0 spiro atoms. The van der Waals surface area contributed by atoms with Crippen LogP contribution in [0.3, 0.4) is 0 Å². The van der Waals surface area contributed by atoms with Gasteiger partial charge < -0.3 is 5.32 Å². The summed E-state index contributed by atoms with van der Waals surface area (Å²) >= 11 is 1.21. The van der Waals surface area contributed by atoms with Gasteiger partial charge >= 0.3 is 11.1 Å². The monoisotopic (exact) mass is 279 g/mol. The van der Waals surface area contributed by atoms with E-state index in [9.17, 15) is 9.59 Å². The van der Waals surface area contributed by atoms with Crippen molar-refractivity contribution in [1.29, 1.82) is 0 Å². The van der Waals surface area contributed by atoms with Crippen LogP contribution in [-0.4, -0.2) is 26.3 Å². The molecule has 0 aromatic carbocycles. The Kier molecular flexibility index (Phi) is 4.00. The van der Waals surface area contributed by atoms with Gasteiger partial charge in [-0.05, 0) is 30.8 Å². The van der Waals surface area contributed by atoms with Crippen LogP contribution in [0, 0.1) is 0 Å². The fourth-order valence-corrected chi connectivity index (χ4v) is 2.19. The summed E-state index contributed by atoms with van der Waals surface area (Å²) in [5.41, 5.74) is -1.54. The molecule has 0 fully saturated rings. The molecule has 0 bridgehead atoms. The van der Waals surface area contributed by atoms with Crippen molar-refractivity contribution in [3.63, 3.8) is 0 Å². The summed E-state index contributed by atoms with van der Waals surface area (Å²) in [6.45, 7) is 2.76. The lowest BCUT2D eigenvalue weighted by Gasteiger charge is -2.07. The van der Waals surface area contributed by atoms with E-state index in [0.29, 0.717) is 10.2 Å². The third-order valence-corrected chi connectivity index (χ3v) is 3.21. The third kappa shape index (κ3) is 3.22. The van der Waals surface area contributed by atoms with Gasteiger partial charge in [-0.15, -0.1) is 0 Å². The SMILES string of the molecule is CCNc1cccc(Sc2nc(=O)c(=O)[nH]n2C)n1. The van der Waals surface area contributed by atoms with Crippen molar-refractivity contribution in [2.24, 2.45) is 7.05 Å². The minimum absolute atomic E-state index is 0.380. The minimum atomic E-state index is -0.802. The van der Waals surface area contributed by atoms with Crippen LogP contribution < -0.4 is 16.4 Å². The van der Waals surface area contributed by atoms with Crippen molar-refractivity contribution in [2.45, 2.75) is 17.1 Å². The highest BCUT2D eigenvalue weighted by atomic mass is 32.2. The number of H-pyrrole nitrogens is 1. The van der Waals surface area contributed by atoms with Gasteiger partial charge in [0.1, 0.15) is 10.8 Å². The molecule has 100 valence electrons. The Morgan fingerprint density at radius 1 is 1.37 bits per heavy atom. The summed E-state index contributed by atoms with van der Waals surface area (Å²) in [7, 11) is 1.62. The van der Waals surface area contributed by atoms with Gasteiger partial charge in [-0.3, -0.25) is 19.4 Å². The van der Waals surface area contributed by atoms with Crippen LogP contribution in [-0.2, 0) is 7.05 Å². The molecule has 8 heteroatoms. The van der Waals surface area contributed by atoms with E-state index in [1.165, 1.54) is 16.4 Å². The summed E-state index contributed by atoms with van der Waals surface area (Å²) < 4.78 is 1.40. The van der Waals surface area contributed by atoms with Gasteiger partial charge in [0.25, 0.3) is 0 Å². The number of nitrogens with one attached hydrogen (secondary N) is 2. The zero-order valence-electron chi connectivity index (χ0n) is 10.5. The zero-order valence-corrected chi connectivity index (χ0v) is 11.3. The molecule has 0 aliphatic heterocycles. The van der Waals surface area contributed by atoms with Gasteiger partial charge in [0.2, 0.25) is 0 Å². The molecular weight excluding hydrogens is 266 g/mol. The van der Waals surface area contributed by atoms with Crippen molar-refractivity contribution >= 4 is 17.6 Å². The topological polar surface area (TPSA) is 92.7 Å². The molecule has 0 unspecified atom stereocenters. The first kappa shape index (κ1) is 13.3. The second-order valence-corrected chi connectivity index (χ2v) is 4.68. The molecule has 0 amide bonds. The molecular formula is C11H13N5O2S. The first-order chi connectivity index (χ1) is 9.10. The molecule has 2 aromatic heterocycles. The quantitative estimate of drug-likeness (QED) is 0.789. The molecule has 2 heterocycles. The Labute approximate surface area is 113 Å². The normalized spacial score (nSPS) is 10.4. The number of aryl methyl sites for hydroxylation is 1. The molecule has 0 atom stereocenters. The van der Waals surface area contributed by atoms with Crippen LogP contribution in [0.4, 0.5) is 5.82 Å². The zero-order chi connectivity index (χ0) is 13.8. The number of rotatable bonds is 4. The van der Waals surface area contributed by atoms with Gasteiger partial charge in [0.15, 0.2) is 5.16 Å². The highest BCUT2D eigenvalue weighted by Gasteiger charge is 2.07. The first-order valence-corrected chi connectivity index (χ1v) is 6.48. The fraction of sp³-hybridized carbons (Fsp3) is 0.273. The van der Waals surface area contributed by atoms with E-state index in [1.54, 1.807) is 7.05 Å². The maximum Gasteiger partial charge on any atom is 0.339 e. The maximum atomic E-state index is 11.2. The van der Waals surface area contributed by atoms with Crippen molar-refractivity contribution in [3.05, 3.63) is 38.9 Å². The van der Waals surface area contributed by atoms with Crippen molar-refractivity contribution < 1.29 is 0 Å². The van der Waals surface area contributed by atoms with Gasteiger partial charge in [-0.2, -0.15) is 4.98 Å². The standard InChI is InChI=1S/C11H13N5O2S/c1-3-12-7-5-4-6-8(13-7)19-11-14-9(17)10(18)15-16(11)2/h4-6H,3H2,1-2H3,(H,12,13)(H,15,18). The summed E-state index contributed by atoms with van der Waals surface area (Å²) in [6.07, 6.45) is 0. The Hall–Kier alpha value is -2.09. The number of anilines is 1.